The molecular weight excluding hydrogens is 299 g/mol. The minimum atomic E-state index is -0.262. The summed E-state index contributed by atoms with van der Waals surface area (Å²) in [4.78, 5) is 10.3. The molecule has 0 aromatic rings. The molecule has 0 aromatic carbocycles. The average Bonchev–Trinajstić information content (AvgIpc) is 2.26. The van der Waals surface area contributed by atoms with Gasteiger partial charge in [-0.1, -0.05) is 46.0 Å². The van der Waals surface area contributed by atoms with E-state index in [1.807, 2.05) is 13.8 Å². The van der Waals surface area contributed by atoms with Crippen molar-refractivity contribution in [3.05, 3.63) is 5.92 Å². The number of carbonyl (C=O) groups is 1. The number of hydrogen-bond donors (Lipinski definition) is 0. The smallest absolute Gasteiger partial charge is 0.462 e. The number of ether oxygens (including phenoxy) is 1. The third kappa shape index (κ3) is 12.5. The van der Waals surface area contributed by atoms with Gasteiger partial charge in [-0.3, -0.25) is 4.79 Å². The quantitative estimate of drug-likeness (QED) is 0.448. The van der Waals surface area contributed by atoms with Gasteiger partial charge in [-0.2, -0.15) is 20.3 Å². The Kier molecular flexibility index (Phi) is 13.4. The third-order valence-corrected chi connectivity index (χ3v) is 4.23. The maximum absolute atomic E-state index is 10.3. The molecule has 0 aromatic heterocycles. The van der Waals surface area contributed by atoms with Gasteiger partial charge in [-0.05, 0) is 38.5 Å². The summed E-state index contributed by atoms with van der Waals surface area (Å²) in [5, 5.41) is 0. The molecule has 1 saturated carbocycles. The van der Waals surface area contributed by atoms with Gasteiger partial charge in [0, 0.05) is 0 Å². The zero-order chi connectivity index (χ0) is 16.7. The first-order valence-electron chi connectivity index (χ1n) is 8.38. The molecule has 0 amide bonds. The second kappa shape index (κ2) is 11.6. The summed E-state index contributed by atoms with van der Waals surface area (Å²) < 4.78 is 5.12. The van der Waals surface area contributed by atoms with E-state index in [0.29, 0.717) is 17.8 Å². The van der Waals surface area contributed by atoms with Crippen LogP contribution >= 0.6 is 0 Å². The van der Waals surface area contributed by atoms with Crippen molar-refractivity contribution in [3.63, 3.8) is 0 Å². The fourth-order valence-corrected chi connectivity index (χ4v) is 3.24. The standard InChI is InChI=1S/C11H20O2.C8H17.K/c1-9-4-6-10(7-5-9)11(2,3)13-8-12;1-7(2)6-8(3,4)5;/h8-10H,4-7H2,1-3H3;6H2,1-5H3;/q;-1;+1. The first-order valence-corrected chi connectivity index (χ1v) is 8.38. The van der Waals surface area contributed by atoms with Gasteiger partial charge in [0.2, 0.25) is 0 Å². The molecule has 1 aliphatic rings. The Labute approximate surface area is 182 Å². The van der Waals surface area contributed by atoms with Crippen LogP contribution in [0.25, 0.3) is 0 Å². The summed E-state index contributed by atoms with van der Waals surface area (Å²) in [6.07, 6.45) is 6.18. The van der Waals surface area contributed by atoms with Gasteiger partial charge in [-0.25, -0.2) is 0 Å². The fourth-order valence-electron chi connectivity index (χ4n) is 3.24. The molecule has 2 nitrogen and oxygen atoms in total. The van der Waals surface area contributed by atoms with Crippen LogP contribution in [0.1, 0.15) is 87.5 Å². The van der Waals surface area contributed by atoms with E-state index in [4.69, 9.17) is 4.74 Å². The second-order valence-electron chi connectivity index (χ2n) is 8.72. The van der Waals surface area contributed by atoms with E-state index in [2.05, 4.69) is 41.5 Å². The Morgan fingerprint density at radius 1 is 1.05 bits per heavy atom. The third-order valence-electron chi connectivity index (χ3n) is 4.23. The van der Waals surface area contributed by atoms with Crippen LogP contribution in [-0.4, -0.2) is 12.1 Å². The molecule has 0 atom stereocenters. The summed E-state index contributed by atoms with van der Waals surface area (Å²) in [7, 11) is 0. The molecule has 0 heterocycles. The van der Waals surface area contributed by atoms with Crippen LogP contribution in [0.3, 0.4) is 0 Å². The Balaban J connectivity index is 0. The summed E-state index contributed by atoms with van der Waals surface area (Å²) in [6.45, 7) is 18.1. The van der Waals surface area contributed by atoms with Crippen LogP contribution in [0.2, 0.25) is 0 Å². The topological polar surface area (TPSA) is 26.3 Å². The molecule has 3 heteroatoms. The zero-order valence-corrected chi connectivity index (χ0v) is 19.7. The number of carbonyl (C=O) groups excluding carboxylic acids is 1. The van der Waals surface area contributed by atoms with Crippen molar-refractivity contribution >= 4 is 6.47 Å². The predicted molar refractivity (Wildman–Crippen MR) is 91.0 cm³/mol. The van der Waals surface area contributed by atoms with Gasteiger partial charge < -0.3 is 10.7 Å². The molecule has 0 radical (unpaired) electrons. The van der Waals surface area contributed by atoms with E-state index in [9.17, 15) is 4.79 Å². The Bertz CT molecular complexity index is 284. The van der Waals surface area contributed by atoms with Crippen molar-refractivity contribution in [2.75, 3.05) is 0 Å². The van der Waals surface area contributed by atoms with Crippen molar-refractivity contribution in [1.29, 1.82) is 0 Å². The summed E-state index contributed by atoms with van der Waals surface area (Å²) in [5.41, 5.74) is 0.223. The molecule has 0 aliphatic heterocycles. The summed E-state index contributed by atoms with van der Waals surface area (Å²) in [6, 6.07) is 0. The van der Waals surface area contributed by atoms with Crippen LogP contribution < -0.4 is 51.4 Å². The largest absolute Gasteiger partial charge is 1.00 e. The molecule has 0 N–H and O–H groups in total. The molecular formula is C19H37KO2. The van der Waals surface area contributed by atoms with Crippen molar-refractivity contribution in [3.8, 4) is 0 Å². The van der Waals surface area contributed by atoms with Crippen LogP contribution in [-0.2, 0) is 9.53 Å². The van der Waals surface area contributed by atoms with Crippen molar-refractivity contribution < 1.29 is 60.9 Å². The van der Waals surface area contributed by atoms with Gasteiger partial charge in [-0.15, -0.1) is 0 Å². The zero-order valence-electron chi connectivity index (χ0n) is 16.6. The first-order chi connectivity index (χ1) is 9.48. The van der Waals surface area contributed by atoms with Crippen molar-refractivity contribution in [2.24, 2.45) is 17.3 Å². The second-order valence-corrected chi connectivity index (χ2v) is 8.72. The summed E-state index contributed by atoms with van der Waals surface area (Å²) in [5.74, 6) is 2.93. The Morgan fingerprint density at radius 2 is 1.50 bits per heavy atom. The number of rotatable bonds is 4. The van der Waals surface area contributed by atoms with Crippen LogP contribution in [0.4, 0.5) is 0 Å². The van der Waals surface area contributed by atoms with Gasteiger partial charge in [0.1, 0.15) is 5.60 Å². The van der Waals surface area contributed by atoms with E-state index in [1.165, 1.54) is 38.0 Å². The van der Waals surface area contributed by atoms with Crippen LogP contribution in [0.5, 0.6) is 0 Å². The van der Waals surface area contributed by atoms with E-state index >= 15 is 0 Å². The van der Waals surface area contributed by atoms with Gasteiger partial charge in [0.25, 0.3) is 6.47 Å². The molecule has 1 aliphatic carbocycles. The minimum absolute atomic E-state index is 0. The fraction of sp³-hybridized carbons (Fsp3) is 0.895. The van der Waals surface area contributed by atoms with Crippen molar-refractivity contribution in [2.45, 2.75) is 93.1 Å². The van der Waals surface area contributed by atoms with Gasteiger partial charge in [0.05, 0.1) is 0 Å². The van der Waals surface area contributed by atoms with Gasteiger partial charge in [0.15, 0.2) is 0 Å². The van der Waals surface area contributed by atoms with E-state index in [0.717, 1.165) is 5.92 Å². The molecule has 0 saturated heterocycles. The maximum atomic E-state index is 10.3. The monoisotopic (exact) mass is 336 g/mol. The predicted octanol–water partition coefficient (Wildman–Crippen LogP) is 2.81. The minimum Gasteiger partial charge on any atom is -0.462 e. The molecule has 0 bridgehead atoms. The first kappa shape index (κ1) is 25.3. The Hall–Kier alpha value is 1.11. The van der Waals surface area contributed by atoms with Crippen LogP contribution in [0, 0.1) is 23.2 Å². The average molecular weight is 337 g/mol. The normalized spacial score (nSPS) is 22.2. The molecule has 1 rings (SSSR count). The molecule has 0 unspecified atom stereocenters. The van der Waals surface area contributed by atoms with Crippen LogP contribution in [0.15, 0.2) is 0 Å². The number of hydrogen-bond acceptors (Lipinski definition) is 2. The Morgan fingerprint density at radius 3 is 1.77 bits per heavy atom. The molecule has 126 valence electrons. The molecule has 0 spiro atoms. The molecule has 1 fully saturated rings. The van der Waals surface area contributed by atoms with Crippen molar-refractivity contribution in [1.82, 2.24) is 0 Å². The SMILES string of the molecule is CC1CCC(C(C)(C)OC=O)CC1.C[C-](C)CC(C)(C)C.[K+]. The van der Waals surface area contributed by atoms with Gasteiger partial charge >= 0.3 is 51.4 Å². The van der Waals surface area contributed by atoms with E-state index in [1.54, 1.807) is 0 Å². The molecule has 22 heavy (non-hydrogen) atoms. The van der Waals surface area contributed by atoms with E-state index < -0.39 is 0 Å². The maximum Gasteiger partial charge on any atom is 1.00 e. The summed E-state index contributed by atoms with van der Waals surface area (Å²) >= 11 is 0. The van der Waals surface area contributed by atoms with E-state index in [-0.39, 0.29) is 57.0 Å².